The van der Waals surface area contributed by atoms with Gasteiger partial charge in [-0.3, -0.25) is 18.9 Å². The summed E-state index contributed by atoms with van der Waals surface area (Å²) in [6.45, 7) is 1.95. The van der Waals surface area contributed by atoms with E-state index in [1.165, 1.54) is 64.2 Å². The third-order valence-corrected chi connectivity index (χ3v) is 7.65. The van der Waals surface area contributed by atoms with E-state index in [2.05, 4.69) is 6.92 Å². The summed E-state index contributed by atoms with van der Waals surface area (Å²) in [6, 6.07) is -1.89. The van der Waals surface area contributed by atoms with Gasteiger partial charge in [0, 0.05) is 125 Å². The van der Waals surface area contributed by atoms with Crippen LogP contribution in [0, 0.1) is 0 Å². The third-order valence-electron chi connectivity index (χ3n) is 6.56. The first-order valence-electron chi connectivity index (χ1n) is 13.8. The van der Waals surface area contributed by atoms with Crippen molar-refractivity contribution in [2.45, 2.75) is 134 Å². The molecule has 0 bridgehead atoms. The van der Waals surface area contributed by atoms with Gasteiger partial charge in [0.1, 0.15) is 6.04 Å². The summed E-state index contributed by atoms with van der Waals surface area (Å²) >= 11 is 0. The summed E-state index contributed by atoms with van der Waals surface area (Å²) < 4.78 is 32.6. The minimum atomic E-state index is -5.17. The number of amides is 1. The Hall–Kier alpha value is 1.79. The SMILES string of the molecule is CCCCCCCCCCCCCCCCCCN(C(=O)C(CC(=O)O)S(=O)(=O)O)C(CC(=O)O)C(=O)O.[Na].[Na].[Na].[Na]. The molecule has 0 heterocycles. The second-order valence-corrected chi connectivity index (χ2v) is 11.5. The van der Waals surface area contributed by atoms with E-state index in [9.17, 15) is 37.3 Å². The Balaban J connectivity index is -0.00000114. The topological polar surface area (TPSA) is 187 Å². The van der Waals surface area contributed by atoms with E-state index < -0.39 is 58.1 Å². The normalized spacial score (nSPS) is 11.9. The van der Waals surface area contributed by atoms with E-state index in [-0.39, 0.29) is 131 Å². The number of carboxylic acids is 3. The van der Waals surface area contributed by atoms with Crippen molar-refractivity contribution in [1.29, 1.82) is 0 Å². The molecule has 0 rings (SSSR count). The number of aliphatic carboxylic acids is 3. The quantitative estimate of drug-likeness (QED) is 0.0645. The van der Waals surface area contributed by atoms with Crippen LogP contribution in [0.25, 0.3) is 0 Å². The van der Waals surface area contributed by atoms with Crippen molar-refractivity contribution in [3.05, 3.63) is 0 Å². The van der Waals surface area contributed by atoms with E-state index in [0.717, 1.165) is 25.7 Å². The molecule has 0 spiro atoms. The first kappa shape index (κ1) is 53.3. The number of rotatable bonds is 25. The van der Waals surface area contributed by atoms with E-state index in [1.807, 2.05) is 0 Å². The molecule has 0 aliphatic rings. The Morgan fingerprint density at radius 2 is 0.929 bits per heavy atom. The van der Waals surface area contributed by atoms with Gasteiger partial charge < -0.3 is 20.2 Å². The van der Waals surface area contributed by atoms with E-state index >= 15 is 0 Å². The van der Waals surface area contributed by atoms with Gasteiger partial charge in [0.2, 0.25) is 5.91 Å². The fourth-order valence-electron chi connectivity index (χ4n) is 4.41. The minimum Gasteiger partial charge on any atom is -0.481 e. The Morgan fingerprint density at radius 1 is 0.595 bits per heavy atom. The summed E-state index contributed by atoms with van der Waals surface area (Å²) in [5.41, 5.74) is 0. The van der Waals surface area contributed by atoms with Crippen LogP contribution in [0.2, 0.25) is 0 Å². The van der Waals surface area contributed by atoms with Crippen molar-refractivity contribution in [2.75, 3.05) is 6.54 Å². The standard InChI is InChI=1S/C26H47NO10S.4Na/c1-2-3-4-5-6-7-8-9-10-11-12-13-14-15-16-17-18-27(21(26(33)34)19-23(28)29)25(32)22(20-24(30)31)38(35,36)37;;;;/h21-22H,2-20H2,1H3,(H,28,29)(H,30,31)(H,33,34)(H,35,36,37);;;;. The monoisotopic (exact) mass is 657 g/mol. The predicted molar refractivity (Wildman–Crippen MR) is 166 cm³/mol. The zero-order valence-electron chi connectivity index (χ0n) is 26.7. The molecular formula is C26H47NNa4O10S. The molecular weight excluding hydrogens is 610 g/mol. The molecule has 16 heteroatoms. The summed E-state index contributed by atoms with van der Waals surface area (Å²) in [5.74, 6) is -6.32. The fraction of sp³-hybridized carbons (Fsp3) is 0.846. The maximum atomic E-state index is 12.8. The van der Waals surface area contributed by atoms with E-state index in [4.69, 9.17) is 10.2 Å². The molecule has 4 radical (unpaired) electrons. The summed E-state index contributed by atoms with van der Waals surface area (Å²) in [4.78, 5) is 47.2. The first-order chi connectivity index (χ1) is 17.9. The Labute approximate surface area is 340 Å². The van der Waals surface area contributed by atoms with Crippen molar-refractivity contribution < 1.29 is 47.5 Å². The molecule has 0 saturated heterocycles. The van der Waals surface area contributed by atoms with Crippen molar-refractivity contribution in [2.24, 2.45) is 0 Å². The molecule has 0 aromatic rings. The van der Waals surface area contributed by atoms with Gasteiger partial charge in [0.15, 0.2) is 5.25 Å². The second-order valence-electron chi connectivity index (χ2n) is 9.89. The average Bonchev–Trinajstić information content (AvgIpc) is 2.82. The average molecular weight is 658 g/mol. The van der Waals surface area contributed by atoms with Crippen LogP contribution < -0.4 is 0 Å². The van der Waals surface area contributed by atoms with Crippen LogP contribution in [0.3, 0.4) is 0 Å². The molecule has 2 atom stereocenters. The predicted octanol–water partition coefficient (Wildman–Crippen LogP) is 3.21. The van der Waals surface area contributed by atoms with Gasteiger partial charge in [0.25, 0.3) is 10.1 Å². The van der Waals surface area contributed by atoms with Crippen LogP contribution in [0.5, 0.6) is 0 Å². The summed E-state index contributed by atoms with van der Waals surface area (Å²) in [6.07, 6.45) is 15.3. The Kier molecular flexibility index (Phi) is 41.5. The Morgan fingerprint density at radius 3 is 1.21 bits per heavy atom. The molecule has 42 heavy (non-hydrogen) atoms. The van der Waals surface area contributed by atoms with Crippen molar-refractivity contribution in [1.82, 2.24) is 4.90 Å². The van der Waals surface area contributed by atoms with E-state index in [0.29, 0.717) is 11.3 Å². The van der Waals surface area contributed by atoms with Crippen molar-refractivity contribution in [3.8, 4) is 0 Å². The number of carboxylic acid groups (broad SMARTS) is 3. The van der Waals surface area contributed by atoms with Gasteiger partial charge in [-0.05, 0) is 6.42 Å². The number of unbranched alkanes of at least 4 members (excludes halogenated alkanes) is 15. The molecule has 0 aromatic heterocycles. The molecule has 0 aliphatic heterocycles. The van der Waals surface area contributed by atoms with Crippen LogP contribution in [-0.2, 0) is 29.3 Å². The smallest absolute Gasteiger partial charge is 0.327 e. The zero-order valence-corrected chi connectivity index (χ0v) is 35.5. The molecule has 0 aromatic carbocycles. The minimum absolute atomic E-state index is 0. The maximum Gasteiger partial charge on any atom is 0.327 e. The molecule has 4 N–H and O–H groups in total. The van der Waals surface area contributed by atoms with Gasteiger partial charge in [0.05, 0.1) is 12.8 Å². The van der Waals surface area contributed by atoms with Crippen LogP contribution >= 0.6 is 0 Å². The third kappa shape index (κ3) is 28.0. The van der Waals surface area contributed by atoms with Crippen molar-refractivity contribution >= 4 is 152 Å². The first-order valence-corrected chi connectivity index (χ1v) is 15.3. The maximum absolute atomic E-state index is 12.8. The number of nitrogens with zero attached hydrogens (tertiary/aromatic N) is 1. The van der Waals surface area contributed by atoms with Gasteiger partial charge in [-0.25, -0.2) is 4.79 Å². The number of hydrogen-bond donors (Lipinski definition) is 4. The molecule has 0 fully saturated rings. The molecule has 226 valence electrons. The number of carbonyl (C=O) groups excluding carboxylic acids is 1. The number of carbonyl (C=O) groups is 4. The van der Waals surface area contributed by atoms with Gasteiger partial charge >= 0.3 is 17.9 Å². The Bertz CT molecular complexity index is 834. The second kappa shape index (κ2) is 32.7. The summed E-state index contributed by atoms with van der Waals surface area (Å²) in [5, 5.41) is 25.0. The zero-order chi connectivity index (χ0) is 29.0. The molecule has 11 nitrogen and oxygen atoms in total. The van der Waals surface area contributed by atoms with Gasteiger partial charge in [-0.1, -0.05) is 103 Å². The number of hydrogen-bond acceptors (Lipinski definition) is 6. The largest absolute Gasteiger partial charge is 0.481 e. The molecule has 0 aliphatic carbocycles. The summed E-state index contributed by atoms with van der Waals surface area (Å²) in [7, 11) is -5.17. The molecule has 2 unspecified atom stereocenters. The molecule has 1 amide bonds. The fourth-order valence-corrected chi connectivity index (χ4v) is 5.15. The van der Waals surface area contributed by atoms with Crippen LogP contribution in [0.4, 0.5) is 0 Å². The van der Waals surface area contributed by atoms with E-state index in [1.54, 1.807) is 0 Å². The van der Waals surface area contributed by atoms with Crippen LogP contribution in [-0.4, -0.2) is 193 Å². The van der Waals surface area contributed by atoms with Gasteiger partial charge in [-0.15, -0.1) is 0 Å². The molecule has 0 saturated carbocycles. The van der Waals surface area contributed by atoms with Crippen LogP contribution in [0.1, 0.15) is 122 Å². The van der Waals surface area contributed by atoms with Gasteiger partial charge in [-0.2, -0.15) is 8.42 Å². The van der Waals surface area contributed by atoms with Crippen LogP contribution in [0.15, 0.2) is 0 Å². The van der Waals surface area contributed by atoms with Crippen molar-refractivity contribution in [3.63, 3.8) is 0 Å².